The summed E-state index contributed by atoms with van der Waals surface area (Å²) in [5, 5.41) is 19.9. The molecule has 4 atom stereocenters. The summed E-state index contributed by atoms with van der Waals surface area (Å²) in [6.07, 6.45) is 1.86. The number of sulfonamides is 1. The Kier molecular flexibility index (Phi) is 13.5. The van der Waals surface area contributed by atoms with Crippen LogP contribution in [0.1, 0.15) is 66.3 Å². The monoisotopic (exact) mass is 715 g/mol. The molecular formula is C36H46ClN3O8S. The summed E-state index contributed by atoms with van der Waals surface area (Å²) in [5.74, 6) is -1.22. The molecule has 0 bridgehead atoms. The Balaban J connectivity index is 1.62. The Morgan fingerprint density at radius 3 is 2.43 bits per heavy atom. The van der Waals surface area contributed by atoms with Crippen LogP contribution in [-0.4, -0.2) is 91.9 Å². The highest BCUT2D eigenvalue weighted by Gasteiger charge is 2.31. The van der Waals surface area contributed by atoms with E-state index in [1.807, 2.05) is 20.9 Å². The Bertz CT molecular complexity index is 1670. The molecular weight excluding hydrogens is 670 g/mol. The highest BCUT2D eigenvalue weighted by Crippen LogP contribution is 2.30. The van der Waals surface area contributed by atoms with Crippen LogP contribution in [0.4, 0.5) is 5.69 Å². The van der Waals surface area contributed by atoms with E-state index in [1.54, 1.807) is 48.2 Å². The van der Waals surface area contributed by atoms with Crippen molar-refractivity contribution >= 4 is 39.2 Å². The normalized spacial score (nSPS) is 20.2. The molecule has 3 aromatic carbocycles. The topological polar surface area (TPSA) is 146 Å². The molecule has 1 aliphatic heterocycles. The van der Waals surface area contributed by atoms with E-state index in [-0.39, 0.29) is 53.0 Å². The zero-order valence-corrected chi connectivity index (χ0v) is 29.9. The lowest BCUT2D eigenvalue weighted by Crippen LogP contribution is -2.47. The SMILES string of the molecule is C[C@@H]1CCCCO[C@@H](CN(C)Cc2ccc(C(=O)O)cc2)[C@H](C)CN([C@H](C)CO)C(=O)c2cc(NS(=O)(=O)c3ccc(Cl)cc3)ccc2O1. The number of ether oxygens (including phenoxy) is 2. The molecule has 1 aliphatic rings. The van der Waals surface area contributed by atoms with Gasteiger partial charge < -0.3 is 24.6 Å². The molecule has 1 amide bonds. The van der Waals surface area contributed by atoms with Gasteiger partial charge in [0.05, 0.1) is 40.9 Å². The van der Waals surface area contributed by atoms with E-state index in [0.717, 1.165) is 18.4 Å². The molecule has 3 N–H and O–H groups in total. The van der Waals surface area contributed by atoms with E-state index >= 15 is 0 Å². The molecule has 0 saturated carbocycles. The number of carboxylic acids is 1. The smallest absolute Gasteiger partial charge is 0.335 e. The van der Waals surface area contributed by atoms with Crippen molar-refractivity contribution in [3.8, 4) is 5.75 Å². The maximum Gasteiger partial charge on any atom is 0.335 e. The molecule has 0 aromatic heterocycles. The molecule has 0 saturated heterocycles. The number of aliphatic hydroxyl groups is 1. The number of benzene rings is 3. The van der Waals surface area contributed by atoms with Crippen LogP contribution < -0.4 is 9.46 Å². The molecule has 0 aliphatic carbocycles. The number of anilines is 1. The minimum Gasteiger partial charge on any atom is -0.490 e. The van der Waals surface area contributed by atoms with E-state index < -0.39 is 27.9 Å². The lowest BCUT2D eigenvalue weighted by atomic mass is 10.0. The lowest BCUT2D eigenvalue weighted by Gasteiger charge is -2.36. The van der Waals surface area contributed by atoms with Crippen LogP contribution in [0.25, 0.3) is 0 Å². The third-order valence-electron chi connectivity index (χ3n) is 8.57. The first-order chi connectivity index (χ1) is 23.3. The molecule has 266 valence electrons. The maximum atomic E-state index is 14.4. The van der Waals surface area contributed by atoms with Crippen LogP contribution in [0, 0.1) is 5.92 Å². The number of carboxylic acid groups (broad SMARTS) is 1. The molecule has 0 fully saturated rings. The first-order valence-corrected chi connectivity index (χ1v) is 18.3. The van der Waals surface area contributed by atoms with Gasteiger partial charge in [-0.05, 0) is 100 Å². The number of nitrogens with zero attached hydrogens (tertiary/aromatic N) is 2. The van der Waals surface area contributed by atoms with Gasteiger partial charge in [-0.1, -0.05) is 30.7 Å². The minimum absolute atomic E-state index is 0.0193. The van der Waals surface area contributed by atoms with Crippen molar-refractivity contribution in [2.24, 2.45) is 5.92 Å². The van der Waals surface area contributed by atoms with Gasteiger partial charge in [0, 0.05) is 42.9 Å². The van der Waals surface area contributed by atoms with Crippen LogP contribution in [0.3, 0.4) is 0 Å². The molecule has 13 heteroatoms. The highest BCUT2D eigenvalue weighted by atomic mass is 35.5. The predicted octanol–water partition coefficient (Wildman–Crippen LogP) is 5.77. The van der Waals surface area contributed by atoms with Crippen LogP contribution in [-0.2, 0) is 21.3 Å². The number of nitrogens with one attached hydrogen (secondary N) is 1. The number of rotatable bonds is 10. The number of aliphatic hydroxyl groups excluding tert-OH is 1. The van der Waals surface area contributed by atoms with Gasteiger partial charge in [-0.15, -0.1) is 0 Å². The third-order valence-corrected chi connectivity index (χ3v) is 10.2. The lowest BCUT2D eigenvalue weighted by molar-refractivity contribution is -0.0177. The van der Waals surface area contributed by atoms with Gasteiger partial charge in [-0.2, -0.15) is 0 Å². The average Bonchev–Trinajstić information content (AvgIpc) is 3.06. The zero-order chi connectivity index (χ0) is 35.7. The summed E-state index contributed by atoms with van der Waals surface area (Å²) < 4.78 is 41.6. The largest absolute Gasteiger partial charge is 0.490 e. The second-order valence-electron chi connectivity index (χ2n) is 12.8. The van der Waals surface area contributed by atoms with E-state index in [2.05, 4.69) is 9.62 Å². The van der Waals surface area contributed by atoms with Crippen molar-refractivity contribution in [1.82, 2.24) is 9.80 Å². The van der Waals surface area contributed by atoms with Gasteiger partial charge >= 0.3 is 5.97 Å². The number of carbonyl (C=O) groups excluding carboxylic acids is 1. The van der Waals surface area contributed by atoms with Gasteiger partial charge in [0.15, 0.2) is 0 Å². The van der Waals surface area contributed by atoms with Crippen molar-refractivity contribution in [2.75, 3.05) is 38.1 Å². The van der Waals surface area contributed by atoms with E-state index in [1.165, 1.54) is 30.3 Å². The van der Waals surface area contributed by atoms with Gasteiger partial charge in [0.2, 0.25) is 0 Å². The van der Waals surface area contributed by atoms with Crippen molar-refractivity contribution in [3.05, 3.63) is 88.4 Å². The molecule has 0 unspecified atom stereocenters. The molecule has 0 spiro atoms. The maximum absolute atomic E-state index is 14.4. The van der Waals surface area contributed by atoms with Crippen molar-refractivity contribution in [1.29, 1.82) is 0 Å². The zero-order valence-electron chi connectivity index (χ0n) is 28.3. The first kappa shape index (κ1) is 38.1. The number of fused-ring (bicyclic) bond motifs is 1. The summed E-state index contributed by atoms with van der Waals surface area (Å²) in [6.45, 7) is 7.30. The summed E-state index contributed by atoms with van der Waals surface area (Å²) in [6, 6.07) is 16.6. The molecule has 1 heterocycles. The number of hydrogen-bond acceptors (Lipinski definition) is 8. The fourth-order valence-corrected chi connectivity index (χ4v) is 6.89. The van der Waals surface area contributed by atoms with Gasteiger partial charge in [-0.3, -0.25) is 14.4 Å². The second-order valence-corrected chi connectivity index (χ2v) is 14.9. The fraction of sp³-hybridized carbons (Fsp3) is 0.444. The molecule has 3 aromatic rings. The molecule has 4 rings (SSSR count). The number of carbonyl (C=O) groups is 2. The number of aromatic carboxylic acids is 1. The Morgan fingerprint density at radius 1 is 1.08 bits per heavy atom. The van der Waals surface area contributed by atoms with Gasteiger partial charge in [-0.25, -0.2) is 13.2 Å². The van der Waals surface area contributed by atoms with Crippen LogP contribution >= 0.6 is 11.6 Å². The Morgan fingerprint density at radius 2 is 1.78 bits per heavy atom. The quantitative estimate of drug-likeness (QED) is 0.238. The molecule has 49 heavy (non-hydrogen) atoms. The van der Waals surface area contributed by atoms with Crippen molar-refractivity contribution in [2.45, 2.75) is 69.7 Å². The Labute approximate surface area is 293 Å². The number of hydrogen-bond donors (Lipinski definition) is 3. The predicted molar refractivity (Wildman–Crippen MR) is 189 cm³/mol. The van der Waals surface area contributed by atoms with Crippen LogP contribution in [0.15, 0.2) is 71.6 Å². The number of halogens is 1. The summed E-state index contributed by atoms with van der Waals surface area (Å²) in [4.78, 5) is 29.4. The summed E-state index contributed by atoms with van der Waals surface area (Å²) >= 11 is 5.95. The third kappa shape index (κ3) is 10.7. The average molecular weight is 716 g/mol. The molecule has 0 radical (unpaired) electrons. The summed E-state index contributed by atoms with van der Waals surface area (Å²) in [7, 11) is -2.02. The van der Waals surface area contributed by atoms with Crippen LogP contribution in [0.2, 0.25) is 5.02 Å². The second kappa shape index (κ2) is 17.3. The van der Waals surface area contributed by atoms with Crippen molar-refractivity contribution < 1.29 is 37.7 Å². The minimum atomic E-state index is -3.99. The fourth-order valence-electron chi connectivity index (χ4n) is 5.71. The van der Waals surface area contributed by atoms with E-state index in [9.17, 15) is 28.2 Å². The Hall–Kier alpha value is -3.68. The van der Waals surface area contributed by atoms with Crippen molar-refractivity contribution in [3.63, 3.8) is 0 Å². The summed E-state index contributed by atoms with van der Waals surface area (Å²) in [5.41, 5.74) is 1.54. The van der Waals surface area contributed by atoms with Gasteiger partial charge in [0.1, 0.15) is 5.75 Å². The number of likely N-dealkylation sites (N-methyl/N-ethyl adjacent to an activating group) is 1. The number of amides is 1. The first-order valence-electron chi connectivity index (χ1n) is 16.4. The van der Waals surface area contributed by atoms with E-state index in [4.69, 9.17) is 21.1 Å². The van der Waals surface area contributed by atoms with E-state index in [0.29, 0.717) is 36.9 Å². The highest BCUT2D eigenvalue weighted by molar-refractivity contribution is 7.92. The van der Waals surface area contributed by atoms with Gasteiger partial charge in [0.25, 0.3) is 15.9 Å². The molecule has 11 nitrogen and oxygen atoms in total. The van der Waals surface area contributed by atoms with Crippen LogP contribution in [0.5, 0.6) is 5.75 Å². The standard InChI is InChI=1S/C36H46ClN3O8S/c1-24-20-40(25(2)23-41)35(42)32-19-30(38-49(45,46)31-15-12-29(37)13-16-31)14-17-33(32)48-26(3)7-5-6-18-47-34(24)22-39(4)21-27-8-10-28(11-9-27)36(43)44/h8-17,19,24-26,34,38,41H,5-7,18,20-23H2,1-4H3,(H,43,44)/t24-,25-,26-,34+/m1/s1.